The largest absolute Gasteiger partial charge is 0.466 e. The summed E-state index contributed by atoms with van der Waals surface area (Å²) < 4.78 is 13.1. The van der Waals surface area contributed by atoms with Gasteiger partial charge in [-0.25, -0.2) is 4.98 Å². The van der Waals surface area contributed by atoms with E-state index in [0.29, 0.717) is 17.9 Å². The van der Waals surface area contributed by atoms with Gasteiger partial charge >= 0.3 is 0 Å². The molecule has 1 saturated heterocycles. The van der Waals surface area contributed by atoms with Crippen LogP contribution < -0.4 is 4.90 Å². The fourth-order valence-electron chi connectivity index (χ4n) is 3.55. The van der Waals surface area contributed by atoms with Crippen molar-refractivity contribution in [2.75, 3.05) is 44.3 Å². The van der Waals surface area contributed by atoms with Gasteiger partial charge in [0.15, 0.2) is 5.13 Å². The van der Waals surface area contributed by atoms with Crippen molar-refractivity contribution in [3.05, 3.63) is 45.8 Å². The Morgan fingerprint density at radius 3 is 2.73 bits per heavy atom. The third-order valence-corrected chi connectivity index (χ3v) is 6.58. The van der Waals surface area contributed by atoms with Gasteiger partial charge in [0.05, 0.1) is 29.0 Å². The molecule has 1 amide bonds. The molecular weight excluding hydrogens is 490 g/mol. The monoisotopic (exact) mass is 513 g/mol. The summed E-state index contributed by atoms with van der Waals surface area (Å²) in [4.78, 5) is 22.3. The SMILES string of the molecule is Cc1cc(C(=O)N(CCCN2CCOCC2)c2nc3ccc(Br)cc3s2)c(C)o1.Cl. The summed E-state index contributed by atoms with van der Waals surface area (Å²) in [5.41, 5.74) is 1.51. The molecule has 0 bridgehead atoms. The minimum absolute atomic E-state index is 0. The summed E-state index contributed by atoms with van der Waals surface area (Å²) in [6, 6.07) is 7.81. The van der Waals surface area contributed by atoms with Gasteiger partial charge in [0.2, 0.25) is 0 Å². The molecule has 9 heteroatoms. The molecule has 0 saturated carbocycles. The molecule has 0 N–H and O–H groups in total. The van der Waals surface area contributed by atoms with Crippen LogP contribution in [0.2, 0.25) is 0 Å². The minimum atomic E-state index is -0.0561. The standard InChI is InChI=1S/C21H24BrN3O3S.ClH/c1-14-12-17(15(2)28-14)20(26)25(7-3-6-24-8-10-27-11-9-24)21-23-18-5-4-16(22)13-19(18)29-21;/h4-5,12-13H,3,6-11H2,1-2H3;1H. The molecule has 1 aliphatic rings. The number of carbonyl (C=O) groups excluding carboxylic acids is 1. The molecule has 0 atom stereocenters. The van der Waals surface area contributed by atoms with Crippen LogP contribution in [0.15, 0.2) is 33.2 Å². The van der Waals surface area contributed by atoms with E-state index in [4.69, 9.17) is 14.1 Å². The number of carbonyl (C=O) groups is 1. The Labute approximate surface area is 194 Å². The number of morpholine rings is 1. The summed E-state index contributed by atoms with van der Waals surface area (Å²) in [5.74, 6) is 1.33. The first-order valence-electron chi connectivity index (χ1n) is 9.76. The topological polar surface area (TPSA) is 58.8 Å². The van der Waals surface area contributed by atoms with E-state index in [9.17, 15) is 4.79 Å². The Bertz CT molecular complexity index is 1020. The van der Waals surface area contributed by atoms with E-state index >= 15 is 0 Å². The van der Waals surface area contributed by atoms with Crippen LogP contribution >= 0.6 is 39.7 Å². The Kier molecular flexibility index (Phi) is 7.92. The van der Waals surface area contributed by atoms with Gasteiger partial charge in [0.25, 0.3) is 5.91 Å². The van der Waals surface area contributed by atoms with Crippen molar-refractivity contribution >= 4 is 60.9 Å². The van der Waals surface area contributed by atoms with Crippen molar-refractivity contribution in [2.24, 2.45) is 0 Å². The summed E-state index contributed by atoms with van der Waals surface area (Å²) in [5, 5.41) is 0.725. The van der Waals surface area contributed by atoms with E-state index < -0.39 is 0 Å². The van der Waals surface area contributed by atoms with Crippen molar-refractivity contribution < 1.29 is 13.9 Å². The van der Waals surface area contributed by atoms with Crippen molar-refractivity contribution in [1.29, 1.82) is 0 Å². The minimum Gasteiger partial charge on any atom is -0.466 e. The first-order valence-corrected chi connectivity index (χ1v) is 11.4. The van der Waals surface area contributed by atoms with Gasteiger partial charge in [-0.2, -0.15) is 0 Å². The molecule has 30 heavy (non-hydrogen) atoms. The number of amides is 1. The number of nitrogens with zero attached hydrogens (tertiary/aromatic N) is 3. The zero-order valence-corrected chi connectivity index (χ0v) is 20.2. The Balaban J connectivity index is 0.00000256. The average Bonchev–Trinajstić information content (AvgIpc) is 3.27. The zero-order valence-electron chi connectivity index (χ0n) is 17.0. The van der Waals surface area contributed by atoms with Gasteiger partial charge in [-0.15, -0.1) is 12.4 Å². The summed E-state index contributed by atoms with van der Waals surface area (Å²) >= 11 is 5.05. The number of furan rings is 1. The number of aryl methyl sites for hydroxylation is 2. The first-order chi connectivity index (χ1) is 14.0. The predicted octanol–water partition coefficient (Wildman–Crippen LogP) is 5.06. The number of ether oxygens (including phenoxy) is 1. The second-order valence-corrected chi connectivity index (χ2v) is 9.12. The van der Waals surface area contributed by atoms with Gasteiger partial charge in [0.1, 0.15) is 11.5 Å². The third-order valence-electron chi connectivity index (χ3n) is 5.05. The molecule has 6 nitrogen and oxygen atoms in total. The van der Waals surface area contributed by atoms with Gasteiger partial charge < -0.3 is 9.15 Å². The molecule has 0 spiro atoms. The molecule has 3 aromatic rings. The Morgan fingerprint density at radius 2 is 2.03 bits per heavy atom. The zero-order chi connectivity index (χ0) is 20.4. The average molecular weight is 515 g/mol. The van der Waals surface area contributed by atoms with E-state index in [1.54, 1.807) is 16.2 Å². The van der Waals surface area contributed by atoms with Crippen LogP contribution in [-0.2, 0) is 4.74 Å². The molecule has 162 valence electrons. The molecule has 0 radical (unpaired) electrons. The van der Waals surface area contributed by atoms with Gasteiger partial charge in [-0.1, -0.05) is 27.3 Å². The quantitative estimate of drug-likeness (QED) is 0.460. The fourth-order valence-corrected chi connectivity index (χ4v) is 5.09. The lowest BCUT2D eigenvalue weighted by molar-refractivity contribution is 0.0376. The van der Waals surface area contributed by atoms with Crippen LogP contribution in [0.3, 0.4) is 0 Å². The van der Waals surface area contributed by atoms with Gasteiger partial charge in [-0.3, -0.25) is 14.6 Å². The number of fused-ring (bicyclic) bond motifs is 1. The predicted molar refractivity (Wildman–Crippen MR) is 126 cm³/mol. The summed E-state index contributed by atoms with van der Waals surface area (Å²) in [6.07, 6.45) is 0.876. The second-order valence-electron chi connectivity index (χ2n) is 7.20. The molecule has 4 rings (SSSR count). The van der Waals surface area contributed by atoms with Crippen LogP contribution in [0, 0.1) is 13.8 Å². The Hall–Kier alpha value is -1.45. The number of thiazole rings is 1. The maximum atomic E-state index is 13.4. The number of benzene rings is 1. The molecule has 3 heterocycles. The van der Waals surface area contributed by atoms with Crippen molar-refractivity contribution in [2.45, 2.75) is 20.3 Å². The van der Waals surface area contributed by atoms with Gasteiger partial charge in [0, 0.05) is 30.7 Å². The van der Waals surface area contributed by atoms with Crippen LogP contribution in [-0.4, -0.2) is 55.2 Å². The molecule has 0 aliphatic carbocycles. The highest BCUT2D eigenvalue weighted by Gasteiger charge is 2.25. The van der Waals surface area contributed by atoms with Crippen LogP contribution in [0.5, 0.6) is 0 Å². The van der Waals surface area contributed by atoms with Gasteiger partial charge in [-0.05, 0) is 44.5 Å². The Morgan fingerprint density at radius 1 is 1.27 bits per heavy atom. The number of anilines is 1. The maximum Gasteiger partial charge on any atom is 0.263 e. The van der Waals surface area contributed by atoms with E-state index in [2.05, 4.69) is 20.8 Å². The van der Waals surface area contributed by atoms with Crippen molar-refractivity contribution in [3.63, 3.8) is 0 Å². The lowest BCUT2D eigenvalue weighted by atomic mass is 10.2. The summed E-state index contributed by atoms with van der Waals surface area (Å²) in [7, 11) is 0. The smallest absolute Gasteiger partial charge is 0.263 e. The first kappa shape index (κ1) is 23.2. The maximum absolute atomic E-state index is 13.4. The molecule has 2 aromatic heterocycles. The van der Waals surface area contributed by atoms with Crippen LogP contribution in [0.25, 0.3) is 10.2 Å². The fraction of sp³-hybridized carbons (Fsp3) is 0.429. The molecule has 0 unspecified atom stereocenters. The van der Waals surface area contributed by atoms with E-state index in [0.717, 1.165) is 64.9 Å². The highest BCUT2D eigenvalue weighted by atomic mass is 79.9. The van der Waals surface area contributed by atoms with Crippen molar-refractivity contribution in [3.8, 4) is 0 Å². The van der Waals surface area contributed by atoms with E-state index in [1.807, 2.05) is 38.1 Å². The number of halogens is 2. The molecule has 1 aromatic carbocycles. The van der Waals surface area contributed by atoms with Crippen molar-refractivity contribution in [1.82, 2.24) is 9.88 Å². The van der Waals surface area contributed by atoms with E-state index in [1.165, 1.54) is 0 Å². The summed E-state index contributed by atoms with van der Waals surface area (Å²) in [6.45, 7) is 8.70. The molecule has 1 fully saturated rings. The molecule has 1 aliphatic heterocycles. The number of hydrogen-bond acceptors (Lipinski definition) is 6. The lowest BCUT2D eigenvalue weighted by Gasteiger charge is -2.27. The highest BCUT2D eigenvalue weighted by Crippen LogP contribution is 2.32. The highest BCUT2D eigenvalue weighted by molar-refractivity contribution is 9.10. The van der Waals surface area contributed by atoms with Crippen LogP contribution in [0.1, 0.15) is 28.3 Å². The van der Waals surface area contributed by atoms with Crippen LogP contribution in [0.4, 0.5) is 5.13 Å². The normalized spacial score (nSPS) is 14.6. The number of aromatic nitrogens is 1. The second kappa shape index (κ2) is 10.2. The van der Waals surface area contributed by atoms with E-state index in [-0.39, 0.29) is 18.3 Å². The lowest BCUT2D eigenvalue weighted by Crippen LogP contribution is -2.39. The number of hydrogen-bond donors (Lipinski definition) is 0. The molecular formula is C21H25BrClN3O3S. The number of rotatable bonds is 6. The third kappa shape index (κ3) is 5.23.